The van der Waals surface area contributed by atoms with E-state index in [1.807, 2.05) is 0 Å². The van der Waals surface area contributed by atoms with Crippen molar-refractivity contribution in [2.75, 3.05) is 7.11 Å². The van der Waals surface area contributed by atoms with Crippen LogP contribution in [-0.4, -0.2) is 34.4 Å². The maximum absolute atomic E-state index is 12.5. The Balaban J connectivity index is 2.25. The van der Waals surface area contributed by atoms with Gasteiger partial charge in [0.1, 0.15) is 5.75 Å². The highest BCUT2D eigenvalue weighted by Gasteiger charge is 2.41. The fourth-order valence-corrected chi connectivity index (χ4v) is 3.11. The summed E-state index contributed by atoms with van der Waals surface area (Å²) in [6, 6.07) is 19.2. The van der Waals surface area contributed by atoms with E-state index in [0.29, 0.717) is 11.1 Å². The molecule has 0 saturated heterocycles. The van der Waals surface area contributed by atoms with Crippen molar-refractivity contribution in [3.8, 4) is 11.5 Å². The molecule has 30 heavy (non-hydrogen) atoms. The third-order valence-electron chi connectivity index (χ3n) is 4.62. The standard InChI is InChI=1S/C22H18N2O6/c1-30-18-12-15(20(25)19(13-18)24(28)29)14-23-22(21(26)27,16-8-4-2-5-9-16)17-10-6-3-7-11-17/h2-14,25H,1H3,(H,26,27)/b23-14+. The molecule has 0 heterocycles. The van der Waals surface area contributed by atoms with Gasteiger partial charge in [-0.15, -0.1) is 0 Å². The number of aromatic hydroxyl groups is 1. The molecule has 0 spiro atoms. The van der Waals surface area contributed by atoms with Crippen molar-refractivity contribution < 1.29 is 24.7 Å². The second-order valence-corrected chi connectivity index (χ2v) is 6.35. The minimum absolute atomic E-state index is 0.0430. The second-order valence-electron chi connectivity index (χ2n) is 6.35. The van der Waals surface area contributed by atoms with Crippen LogP contribution in [0.2, 0.25) is 0 Å². The molecule has 0 radical (unpaired) electrons. The third-order valence-corrected chi connectivity index (χ3v) is 4.62. The number of aliphatic carboxylic acids is 1. The minimum atomic E-state index is -1.83. The summed E-state index contributed by atoms with van der Waals surface area (Å²) in [6.45, 7) is 0. The lowest BCUT2D eigenvalue weighted by Gasteiger charge is -2.26. The molecule has 152 valence electrons. The number of hydrogen-bond donors (Lipinski definition) is 2. The number of carboxylic acid groups (broad SMARTS) is 1. The van der Waals surface area contributed by atoms with Crippen molar-refractivity contribution in [2.45, 2.75) is 5.54 Å². The molecule has 0 atom stereocenters. The van der Waals surface area contributed by atoms with Crippen LogP contribution in [0.4, 0.5) is 5.69 Å². The molecule has 8 nitrogen and oxygen atoms in total. The number of aliphatic imine (C=N–C) groups is 1. The summed E-state index contributed by atoms with van der Waals surface area (Å²) in [5, 5.41) is 31.8. The van der Waals surface area contributed by atoms with Gasteiger partial charge in [0.05, 0.1) is 18.1 Å². The van der Waals surface area contributed by atoms with Crippen LogP contribution in [-0.2, 0) is 10.3 Å². The smallest absolute Gasteiger partial charge is 0.340 e. The molecule has 0 aliphatic carbocycles. The van der Waals surface area contributed by atoms with Gasteiger partial charge in [-0.05, 0) is 17.2 Å². The summed E-state index contributed by atoms with van der Waals surface area (Å²) < 4.78 is 5.06. The zero-order valence-electron chi connectivity index (χ0n) is 15.9. The molecule has 3 aromatic carbocycles. The monoisotopic (exact) mass is 406 g/mol. The van der Waals surface area contributed by atoms with E-state index < -0.39 is 27.9 Å². The fourth-order valence-electron chi connectivity index (χ4n) is 3.11. The first kappa shape index (κ1) is 20.5. The molecule has 0 saturated carbocycles. The van der Waals surface area contributed by atoms with Crippen LogP contribution >= 0.6 is 0 Å². The van der Waals surface area contributed by atoms with Gasteiger partial charge in [-0.25, -0.2) is 4.79 Å². The predicted molar refractivity (Wildman–Crippen MR) is 110 cm³/mol. The lowest BCUT2D eigenvalue weighted by molar-refractivity contribution is -0.385. The Labute approximate surface area is 171 Å². The Hall–Kier alpha value is -4.20. The number of phenolic OH excluding ortho intramolecular Hbond substituents is 1. The molecule has 0 aromatic heterocycles. The number of nitrogens with zero attached hydrogens (tertiary/aromatic N) is 2. The number of nitro benzene ring substituents is 1. The van der Waals surface area contributed by atoms with Gasteiger partial charge in [0.15, 0.2) is 0 Å². The zero-order chi connectivity index (χ0) is 21.7. The molecule has 0 aliphatic heterocycles. The van der Waals surface area contributed by atoms with Crippen molar-refractivity contribution >= 4 is 17.9 Å². The molecule has 0 unspecified atom stereocenters. The number of rotatable bonds is 7. The lowest BCUT2D eigenvalue weighted by Crippen LogP contribution is -2.35. The average molecular weight is 406 g/mol. The van der Waals surface area contributed by atoms with Gasteiger partial charge in [-0.2, -0.15) is 0 Å². The van der Waals surface area contributed by atoms with Crippen LogP contribution < -0.4 is 4.74 Å². The minimum Gasteiger partial charge on any atom is -0.502 e. The Morgan fingerprint density at radius 1 is 1.07 bits per heavy atom. The Kier molecular flexibility index (Phi) is 5.78. The Morgan fingerprint density at radius 3 is 2.03 bits per heavy atom. The highest BCUT2D eigenvalue weighted by molar-refractivity contribution is 5.92. The lowest BCUT2D eigenvalue weighted by atomic mass is 9.83. The SMILES string of the molecule is COc1cc(/C=N/C(C(=O)O)(c2ccccc2)c2ccccc2)c(O)c([N+](=O)[O-])c1. The van der Waals surface area contributed by atoms with Gasteiger partial charge in [-0.3, -0.25) is 15.1 Å². The molecule has 0 fully saturated rings. The van der Waals surface area contributed by atoms with E-state index in [4.69, 9.17) is 4.74 Å². The fraction of sp³-hybridized carbons (Fsp3) is 0.0909. The third kappa shape index (κ3) is 3.70. The van der Waals surface area contributed by atoms with E-state index in [9.17, 15) is 25.1 Å². The summed E-state index contributed by atoms with van der Waals surface area (Å²) in [6.07, 6.45) is 1.11. The number of phenols is 1. The van der Waals surface area contributed by atoms with E-state index >= 15 is 0 Å². The number of hydrogen-bond acceptors (Lipinski definition) is 6. The van der Waals surface area contributed by atoms with Crippen LogP contribution in [0.3, 0.4) is 0 Å². The van der Waals surface area contributed by atoms with E-state index in [2.05, 4.69) is 4.99 Å². The molecular formula is C22H18N2O6. The summed E-state index contributed by atoms with van der Waals surface area (Å²) >= 11 is 0. The van der Waals surface area contributed by atoms with E-state index in [1.54, 1.807) is 60.7 Å². The van der Waals surface area contributed by atoms with Crippen LogP contribution in [0.25, 0.3) is 0 Å². The van der Waals surface area contributed by atoms with Crippen LogP contribution in [0.5, 0.6) is 11.5 Å². The first-order chi connectivity index (χ1) is 14.4. The van der Waals surface area contributed by atoms with Crippen LogP contribution in [0, 0.1) is 10.1 Å². The van der Waals surface area contributed by atoms with Gasteiger partial charge >= 0.3 is 11.7 Å². The highest BCUT2D eigenvalue weighted by atomic mass is 16.6. The molecule has 8 heteroatoms. The number of methoxy groups -OCH3 is 1. The van der Waals surface area contributed by atoms with Gasteiger partial charge < -0.3 is 14.9 Å². The van der Waals surface area contributed by atoms with Gasteiger partial charge in [0.2, 0.25) is 11.3 Å². The van der Waals surface area contributed by atoms with E-state index in [-0.39, 0.29) is 11.3 Å². The Bertz CT molecular complexity index is 1060. The van der Waals surface area contributed by atoms with Crippen molar-refractivity contribution in [2.24, 2.45) is 4.99 Å². The molecule has 0 bridgehead atoms. The highest BCUT2D eigenvalue weighted by Crippen LogP contribution is 2.37. The molecule has 0 amide bonds. The summed E-state index contributed by atoms with van der Waals surface area (Å²) in [7, 11) is 1.33. The number of ether oxygens (including phenoxy) is 1. The zero-order valence-corrected chi connectivity index (χ0v) is 15.9. The van der Waals surface area contributed by atoms with Gasteiger partial charge in [0.25, 0.3) is 0 Å². The molecular weight excluding hydrogens is 388 g/mol. The average Bonchev–Trinajstić information content (AvgIpc) is 2.76. The maximum atomic E-state index is 12.5. The maximum Gasteiger partial charge on any atom is 0.340 e. The molecule has 3 aromatic rings. The second kappa shape index (κ2) is 8.44. The van der Waals surface area contributed by atoms with E-state index in [1.165, 1.54) is 13.2 Å². The Morgan fingerprint density at radius 2 is 1.60 bits per heavy atom. The normalized spacial score (nSPS) is 11.4. The van der Waals surface area contributed by atoms with Crippen LogP contribution in [0.1, 0.15) is 16.7 Å². The van der Waals surface area contributed by atoms with Crippen molar-refractivity contribution in [1.82, 2.24) is 0 Å². The summed E-state index contributed by atoms with van der Waals surface area (Å²) in [5.74, 6) is -1.75. The predicted octanol–water partition coefficient (Wildman–Crippen LogP) is 3.76. The topological polar surface area (TPSA) is 122 Å². The first-order valence-electron chi connectivity index (χ1n) is 8.85. The largest absolute Gasteiger partial charge is 0.502 e. The van der Waals surface area contributed by atoms with Crippen molar-refractivity contribution in [3.63, 3.8) is 0 Å². The summed E-state index contributed by atoms with van der Waals surface area (Å²) in [4.78, 5) is 27.3. The first-order valence-corrected chi connectivity index (χ1v) is 8.85. The number of carbonyl (C=O) groups is 1. The van der Waals surface area contributed by atoms with Gasteiger partial charge in [0, 0.05) is 11.8 Å². The quantitative estimate of drug-likeness (QED) is 0.350. The van der Waals surface area contributed by atoms with Crippen molar-refractivity contribution in [1.29, 1.82) is 0 Å². The van der Waals surface area contributed by atoms with E-state index in [0.717, 1.165) is 12.3 Å². The number of carboxylic acids is 1. The number of nitro groups is 1. The van der Waals surface area contributed by atoms with Crippen LogP contribution in [0.15, 0.2) is 77.8 Å². The van der Waals surface area contributed by atoms with Crippen molar-refractivity contribution in [3.05, 3.63) is 99.6 Å². The molecule has 0 aliphatic rings. The summed E-state index contributed by atoms with van der Waals surface area (Å²) in [5.41, 5.74) is -1.67. The molecule has 2 N–H and O–H groups in total. The molecule has 3 rings (SSSR count). The number of benzene rings is 3. The van der Waals surface area contributed by atoms with Gasteiger partial charge in [-0.1, -0.05) is 60.7 Å².